The number of rotatable bonds is 6. The van der Waals surface area contributed by atoms with Gasteiger partial charge in [-0.25, -0.2) is 0 Å². The van der Waals surface area contributed by atoms with E-state index < -0.39 is 5.54 Å². The first-order chi connectivity index (χ1) is 8.19. The highest BCUT2D eigenvalue weighted by molar-refractivity contribution is 5.32. The molecule has 5 heteroatoms. The van der Waals surface area contributed by atoms with Gasteiger partial charge in [-0.3, -0.25) is 0 Å². The number of aliphatic hydroxyl groups excluding tert-OH is 3. The maximum absolute atomic E-state index is 9.12. The topological polar surface area (TPSA) is 96.5 Å². The minimum Gasteiger partial charge on any atom is -0.394 e. The van der Waals surface area contributed by atoms with E-state index in [4.69, 9.17) is 20.6 Å². The Morgan fingerprint density at radius 3 is 2.35 bits per heavy atom. The maximum Gasteiger partial charge on any atom is 0.0991 e. The number of hydrogen-bond donors (Lipinski definition) is 4. The van der Waals surface area contributed by atoms with Gasteiger partial charge in [-0.15, -0.1) is 0 Å². The summed E-state index contributed by atoms with van der Waals surface area (Å²) in [4.78, 5) is 0. The fourth-order valence-corrected chi connectivity index (χ4v) is 1.36. The van der Waals surface area contributed by atoms with Crippen LogP contribution in [-0.2, 0) is 6.54 Å². The summed E-state index contributed by atoms with van der Waals surface area (Å²) in [5.74, 6) is 0. The van der Waals surface area contributed by atoms with E-state index in [1.54, 1.807) is 18.2 Å². The molecular weight excluding hydrogens is 220 g/mol. The Labute approximate surface area is 99.9 Å². The zero-order chi connectivity index (χ0) is 12.7. The van der Waals surface area contributed by atoms with Crippen molar-refractivity contribution in [1.82, 2.24) is 5.32 Å². The monoisotopic (exact) mass is 236 g/mol. The van der Waals surface area contributed by atoms with Gasteiger partial charge in [-0.1, -0.05) is 12.1 Å². The number of benzene rings is 1. The van der Waals surface area contributed by atoms with Crippen molar-refractivity contribution in [1.29, 1.82) is 5.26 Å². The Bertz CT molecular complexity index is 389. The molecule has 0 unspecified atom stereocenters. The Morgan fingerprint density at radius 1 is 1.18 bits per heavy atom. The Hall–Kier alpha value is -1.45. The van der Waals surface area contributed by atoms with E-state index in [0.29, 0.717) is 12.1 Å². The van der Waals surface area contributed by atoms with Gasteiger partial charge in [-0.2, -0.15) is 5.26 Å². The van der Waals surface area contributed by atoms with Crippen molar-refractivity contribution in [3.8, 4) is 6.07 Å². The molecule has 0 spiro atoms. The molecule has 92 valence electrons. The first-order valence-electron chi connectivity index (χ1n) is 5.26. The number of nitrogens with one attached hydrogen (secondary N) is 1. The third-order valence-electron chi connectivity index (χ3n) is 2.63. The summed E-state index contributed by atoms with van der Waals surface area (Å²) in [5.41, 5.74) is 0.304. The summed E-state index contributed by atoms with van der Waals surface area (Å²) in [5, 5.41) is 39.0. The van der Waals surface area contributed by atoms with Gasteiger partial charge >= 0.3 is 0 Å². The molecule has 0 aliphatic heterocycles. The maximum atomic E-state index is 9.12. The lowest BCUT2D eigenvalue weighted by Crippen LogP contribution is -2.54. The molecule has 1 rings (SSSR count). The molecule has 0 atom stereocenters. The van der Waals surface area contributed by atoms with Crippen LogP contribution in [0.4, 0.5) is 0 Å². The van der Waals surface area contributed by atoms with Crippen LogP contribution in [0.15, 0.2) is 24.3 Å². The zero-order valence-electron chi connectivity index (χ0n) is 9.43. The molecule has 0 amide bonds. The lowest BCUT2D eigenvalue weighted by Gasteiger charge is -2.28. The van der Waals surface area contributed by atoms with Gasteiger partial charge in [0.2, 0.25) is 0 Å². The molecule has 0 bridgehead atoms. The first-order valence-corrected chi connectivity index (χ1v) is 5.26. The van der Waals surface area contributed by atoms with Crippen LogP contribution < -0.4 is 5.32 Å². The molecule has 1 aromatic carbocycles. The summed E-state index contributed by atoms with van der Waals surface area (Å²) in [6.07, 6.45) is 0. The van der Waals surface area contributed by atoms with Crippen molar-refractivity contribution in [3.63, 3.8) is 0 Å². The van der Waals surface area contributed by atoms with E-state index in [0.717, 1.165) is 5.56 Å². The molecule has 4 N–H and O–H groups in total. The predicted molar refractivity (Wildman–Crippen MR) is 62.0 cm³/mol. The summed E-state index contributed by atoms with van der Waals surface area (Å²) in [6.45, 7) is -0.731. The molecule has 0 aliphatic carbocycles. The predicted octanol–water partition coefficient (Wildman–Crippen LogP) is -0.636. The molecule has 0 aromatic heterocycles. The van der Waals surface area contributed by atoms with Crippen LogP contribution in [0.25, 0.3) is 0 Å². The smallest absolute Gasteiger partial charge is 0.0991 e. The molecule has 17 heavy (non-hydrogen) atoms. The molecule has 0 saturated heterocycles. The van der Waals surface area contributed by atoms with E-state index >= 15 is 0 Å². The summed E-state index contributed by atoms with van der Waals surface area (Å²) < 4.78 is 0. The van der Waals surface area contributed by atoms with Crippen molar-refractivity contribution in [2.24, 2.45) is 0 Å². The van der Waals surface area contributed by atoms with Crippen LogP contribution in [-0.4, -0.2) is 40.7 Å². The lowest BCUT2D eigenvalue weighted by atomic mass is 10.0. The van der Waals surface area contributed by atoms with E-state index in [1.165, 1.54) is 0 Å². The molecule has 1 aromatic rings. The van der Waals surface area contributed by atoms with Crippen LogP contribution >= 0.6 is 0 Å². The normalized spacial score (nSPS) is 11.2. The highest BCUT2D eigenvalue weighted by atomic mass is 16.3. The van der Waals surface area contributed by atoms with E-state index in [1.807, 2.05) is 12.1 Å². The van der Waals surface area contributed by atoms with Crippen LogP contribution in [0.5, 0.6) is 0 Å². The summed E-state index contributed by atoms with van der Waals surface area (Å²) in [6, 6.07) is 9.02. The van der Waals surface area contributed by atoms with E-state index in [2.05, 4.69) is 5.32 Å². The third-order valence-corrected chi connectivity index (χ3v) is 2.63. The average molecular weight is 236 g/mol. The van der Waals surface area contributed by atoms with Gasteiger partial charge in [0.25, 0.3) is 0 Å². The van der Waals surface area contributed by atoms with Gasteiger partial charge < -0.3 is 20.6 Å². The van der Waals surface area contributed by atoms with Crippen LogP contribution in [0.2, 0.25) is 0 Å². The number of nitrogens with zero attached hydrogens (tertiary/aromatic N) is 1. The quantitative estimate of drug-likeness (QED) is 0.527. The first kappa shape index (κ1) is 13.6. The molecule has 5 nitrogen and oxygen atoms in total. The molecule has 0 saturated carbocycles. The highest BCUT2D eigenvalue weighted by Crippen LogP contribution is 2.07. The zero-order valence-corrected chi connectivity index (χ0v) is 9.43. The molecule has 0 aliphatic rings. The lowest BCUT2D eigenvalue weighted by molar-refractivity contribution is 0.0414. The average Bonchev–Trinajstić information content (AvgIpc) is 2.41. The second kappa shape index (κ2) is 6.33. The fraction of sp³-hybridized carbons (Fsp3) is 0.417. The van der Waals surface area contributed by atoms with Crippen LogP contribution in [0, 0.1) is 11.3 Å². The summed E-state index contributed by atoms with van der Waals surface area (Å²) >= 11 is 0. The number of nitriles is 1. The fourth-order valence-electron chi connectivity index (χ4n) is 1.36. The molecular formula is C12H16N2O3. The van der Waals surface area contributed by atoms with E-state index in [-0.39, 0.29) is 19.8 Å². The van der Waals surface area contributed by atoms with E-state index in [9.17, 15) is 0 Å². The van der Waals surface area contributed by atoms with Crippen LogP contribution in [0.3, 0.4) is 0 Å². The van der Waals surface area contributed by atoms with Gasteiger partial charge in [0.15, 0.2) is 0 Å². The van der Waals surface area contributed by atoms with Gasteiger partial charge in [0, 0.05) is 6.54 Å². The Balaban J connectivity index is 2.69. The van der Waals surface area contributed by atoms with Crippen molar-refractivity contribution < 1.29 is 15.3 Å². The van der Waals surface area contributed by atoms with Crippen molar-refractivity contribution >= 4 is 0 Å². The van der Waals surface area contributed by atoms with Crippen molar-refractivity contribution in [2.75, 3.05) is 19.8 Å². The number of hydrogen-bond acceptors (Lipinski definition) is 5. The second-order valence-corrected chi connectivity index (χ2v) is 3.92. The van der Waals surface area contributed by atoms with Gasteiger partial charge in [-0.05, 0) is 17.7 Å². The van der Waals surface area contributed by atoms with Crippen molar-refractivity contribution in [2.45, 2.75) is 12.1 Å². The SMILES string of the molecule is N#Cc1cccc(CNC(CO)(CO)CO)c1. The van der Waals surface area contributed by atoms with Crippen molar-refractivity contribution in [3.05, 3.63) is 35.4 Å². The standard InChI is InChI=1S/C12H16N2O3/c13-5-10-2-1-3-11(4-10)6-14-12(7-15,8-16)9-17/h1-4,14-17H,6-9H2. The minimum atomic E-state index is -1.09. The second-order valence-electron chi connectivity index (χ2n) is 3.92. The van der Waals surface area contributed by atoms with Crippen LogP contribution in [0.1, 0.15) is 11.1 Å². The third kappa shape index (κ3) is 3.51. The number of aliphatic hydroxyl groups is 3. The van der Waals surface area contributed by atoms with Gasteiger partial charge in [0.1, 0.15) is 0 Å². The highest BCUT2D eigenvalue weighted by Gasteiger charge is 2.26. The Kier molecular flexibility index (Phi) is 5.07. The van der Waals surface area contributed by atoms with Gasteiger partial charge in [0.05, 0.1) is 37.0 Å². The summed E-state index contributed by atoms with van der Waals surface area (Å²) in [7, 11) is 0. The largest absolute Gasteiger partial charge is 0.394 e. The Morgan fingerprint density at radius 2 is 1.82 bits per heavy atom. The molecule has 0 fully saturated rings. The minimum absolute atomic E-state index is 0.358. The molecule has 0 radical (unpaired) electrons. The molecule has 0 heterocycles.